The zero-order valence-electron chi connectivity index (χ0n) is 12.1. The van der Waals surface area contributed by atoms with E-state index in [0.717, 1.165) is 12.2 Å². The minimum atomic E-state index is -0.667. The maximum absolute atomic E-state index is 11.4. The van der Waals surface area contributed by atoms with Crippen molar-refractivity contribution in [2.24, 2.45) is 0 Å². The molecule has 1 aromatic carbocycles. The van der Waals surface area contributed by atoms with Gasteiger partial charge in [0.1, 0.15) is 0 Å². The predicted molar refractivity (Wildman–Crippen MR) is 78.1 cm³/mol. The Bertz CT molecular complexity index is 526. The fourth-order valence-corrected chi connectivity index (χ4v) is 1.32. The molecule has 7 heteroatoms. The molecule has 0 heterocycles. The van der Waals surface area contributed by atoms with Gasteiger partial charge in [0, 0.05) is 24.3 Å². The van der Waals surface area contributed by atoms with Crippen molar-refractivity contribution < 1.29 is 28.6 Å². The van der Waals surface area contributed by atoms with E-state index in [9.17, 15) is 14.4 Å². The lowest BCUT2D eigenvalue weighted by molar-refractivity contribution is -0.139. The Balaban J connectivity index is 2.10. The van der Waals surface area contributed by atoms with Gasteiger partial charge in [-0.3, -0.25) is 5.32 Å². The van der Waals surface area contributed by atoms with Crippen molar-refractivity contribution in [2.45, 2.75) is 6.42 Å². The van der Waals surface area contributed by atoms with E-state index in [2.05, 4.69) is 10.1 Å². The van der Waals surface area contributed by atoms with Crippen LogP contribution in [0.25, 0.3) is 0 Å². The van der Waals surface area contributed by atoms with Crippen molar-refractivity contribution >= 4 is 23.7 Å². The molecule has 1 amide bonds. The van der Waals surface area contributed by atoms with E-state index >= 15 is 0 Å². The third-order valence-corrected chi connectivity index (χ3v) is 2.34. The molecule has 0 aliphatic heterocycles. The number of carbonyl (C=O) groups excluding carboxylic acids is 3. The molecule has 1 N–H and O–H groups in total. The second kappa shape index (κ2) is 9.98. The zero-order valence-corrected chi connectivity index (χ0v) is 12.1. The molecule has 0 aliphatic carbocycles. The smallest absolute Gasteiger partial charge is 0.411 e. The number of methoxy groups -OCH3 is 1. The van der Waals surface area contributed by atoms with Crippen LogP contribution in [0.15, 0.2) is 42.5 Å². The molecule has 7 nitrogen and oxygen atoms in total. The Kier molecular flexibility index (Phi) is 7.81. The average Bonchev–Trinajstić information content (AvgIpc) is 2.53. The summed E-state index contributed by atoms with van der Waals surface area (Å²) in [7, 11) is 1.20. The Morgan fingerprint density at radius 3 is 2.32 bits per heavy atom. The lowest BCUT2D eigenvalue weighted by Crippen LogP contribution is -2.15. The normalized spacial score (nSPS) is 10.0. The summed E-state index contributed by atoms with van der Waals surface area (Å²) in [6.07, 6.45) is 1.70. The van der Waals surface area contributed by atoms with Crippen LogP contribution in [0.2, 0.25) is 0 Å². The van der Waals surface area contributed by atoms with Crippen LogP contribution in [-0.2, 0) is 23.8 Å². The van der Waals surface area contributed by atoms with Gasteiger partial charge in [0.25, 0.3) is 0 Å². The van der Waals surface area contributed by atoms with Crippen LogP contribution in [0.1, 0.15) is 6.42 Å². The fraction of sp³-hybridized carbons (Fsp3) is 0.267. The van der Waals surface area contributed by atoms with Crippen molar-refractivity contribution in [1.29, 1.82) is 0 Å². The summed E-state index contributed by atoms with van der Waals surface area (Å²) in [5.41, 5.74) is 0.631. The van der Waals surface area contributed by atoms with Crippen molar-refractivity contribution in [3.63, 3.8) is 0 Å². The number of para-hydroxylation sites is 1. The summed E-state index contributed by atoms with van der Waals surface area (Å²) in [6, 6.07) is 8.88. The number of benzene rings is 1. The van der Waals surface area contributed by atoms with Crippen LogP contribution in [0.3, 0.4) is 0 Å². The van der Waals surface area contributed by atoms with Gasteiger partial charge >= 0.3 is 18.0 Å². The highest BCUT2D eigenvalue weighted by Crippen LogP contribution is 2.05. The topological polar surface area (TPSA) is 90.9 Å². The van der Waals surface area contributed by atoms with Gasteiger partial charge in [-0.2, -0.15) is 0 Å². The average molecular weight is 307 g/mol. The number of anilines is 1. The molecule has 0 aliphatic rings. The number of amides is 1. The van der Waals surface area contributed by atoms with Gasteiger partial charge in [-0.05, 0) is 12.1 Å². The molecule has 0 bridgehead atoms. The number of hydrogen-bond acceptors (Lipinski definition) is 6. The van der Waals surface area contributed by atoms with E-state index in [4.69, 9.17) is 9.47 Å². The maximum atomic E-state index is 11.4. The third-order valence-electron chi connectivity index (χ3n) is 2.34. The lowest BCUT2D eigenvalue weighted by Gasteiger charge is -2.06. The molecule has 1 rings (SSSR count). The van der Waals surface area contributed by atoms with Crippen molar-refractivity contribution in [3.05, 3.63) is 42.5 Å². The maximum Gasteiger partial charge on any atom is 0.411 e. The molecule has 118 valence electrons. The van der Waals surface area contributed by atoms with Gasteiger partial charge < -0.3 is 14.2 Å². The summed E-state index contributed by atoms with van der Waals surface area (Å²) in [4.78, 5) is 33.3. The molecule has 0 radical (unpaired) electrons. The molecule has 0 aromatic heterocycles. The van der Waals surface area contributed by atoms with Crippen molar-refractivity contribution in [1.82, 2.24) is 0 Å². The molecule has 22 heavy (non-hydrogen) atoms. The standard InChI is InChI=1S/C15H17NO6/c1-20-13(17)8-9-14(18)21-10-5-11-22-15(19)16-12-6-3-2-4-7-12/h2-4,6-9H,5,10-11H2,1H3,(H,16,19)/b9-8+. The zero-order chi connectivity index (χ0) is 16.2. The first-order chi connectivity index (χ1) is 10.6. The first-order valence-corrected chi connectivity index (χ1v) is 6.53. The number of hydrogen-bond donors (Lipinski definition) is 1. The first kappa shape index (κ1) is 17.2. The van der Waals surface area contributed by atoms with Crippen LogP contribution in [0.5, 0.6) is 0 Å². The fourth-order valence-electron chi connectivity index (χ4n) is 1.32. The molecule has 0 spiro atoms. The summed E-state index contributed by atoms with van der Waals surface area (Å²) in [5.74, 6) is -1.31. The van der Waals surface area contributed by atoms with E-state index in [-0.39, 0.29) is 13.2 Å². The number of carbonyl (C=O) groups is 3. The van der Waals surface area contributed by atoms with Crippen molar-refractivity contribution in [2.75, 3.05) is 25.6 Å². The molecule has 0 atom stereocenters. The first-order valence-electron chi connectivity index (χ1n) is 6.53. The Morgan fingerprint density at radius 2 is 1.64 bits per heavy atom. The van der Waals surface area contributed by atoms with E-state index in [1.807, 2.05) is 6.07 Å². The van der Waals surface area contributed by atoms with Crippen LogP contribution in [0.4, 0.5) is 10.5 Å². The monoisotopic (exact) mass is 307 g/mol. The molecular formula is C15H17NO6. The van der Waals surface area contributed by atoms with Crippen LogP contribution in [-0.4, -0.2) is 38.4 Å². The van der Waals surface area contributed by atoms with Crippen LogP contribution >= 0.6 is 0 Å². The highest BCUT2D eigenvalue weighted by atomic mass is 16.6. The van der Waals surface area contributed by atoms with E-state index in [1.165, 1.54) is 7.11 Å². The number of ether oxygens (including phenoxy) is 3. The molecule has 1 aromatic rings. The minimum Gasteiger partial charge on any atom is -0.466 e. The van der Waals surface area contributed by atoms with E-state index < -0.39 is 18.0 Å². The Labute approximate surface area is 127 Å². The summed E-state index contributed by atoms with van der Waals surface area (Å²) in [5, 5.41) is 2.55. The molecule has 0 saturated heterocycles. The van der Waals surface area contributed by atoms with Gasteiger partial charge in [-0.1, -0.05) is 18.2 Å². The molecule has 0 unspecified atom stereocenters. The van der Waals surface area contributed by atoms with Gasteiger partial charge in [0.2, 0.25) is 0 Å². The van der Waals surface area contributed by atoms with E-state index in [0.29, 0.717) is 12.1 Å². The number of rotatable bonds is 7. The quantitative estimate of drug-likeness (QED) is 0.358. The van der Waals surface area contributed by atoms with Crippen molar-refractivity contribution in [3.8, 4) is 0 Å². The van der Waals surface area contributed by atoms with Crippen LogP contribution in [0, 0.1) is 0 Å². The summed E-state index contributed by atoms with van der Waals surface area (Å²) < 4.78 is 14.0. The van der Waals surface area contributed by atoms with Gasteiger partial charge in [-0.15, -0.1) is 0 Å². The largest absolute Gasteiger partial charge is 0.466 e. The van der Waals surface area contributed by atoms with Gasteiger partial charge in [-0.25, -0.2) is 14.4 Å². The van der Waals surface area contributed by atoms with E-state index in [1.54, 1.807) is 24.3 Å². The van der Waals surface area contributed by atoms with Gasteiger partial charge in [0.15, 0.2) is 0 Å². The van der Waals surface area contributed by atoms with Gasteiger partial charge in [0.05, 0.1) is 20.3 Å². The second-order valence-electron chi connectivity index (χ2n) is 4.00. The number of nitrogens with one attached hydrogen (secondary N) is 1. The second-order valence-corrected chi connectivity index (χ2v) is 4.00. The number of esters is 2. The summed E-state index contributed by atoms with van der Waals surface area (Å²) in [6.45, 7) is 0.176. The SMILES string of the molecule is COC(=O)/C=C/C(=O)OCCCOC(=O)Nc1ccccc1. The lowest BCUT2D eigenvalue weighted by atomic mass is 10.3. The predicted octanol–water partition coefficient (Wildman–Crippen LogP) is 1.90. The molecular weight excluding hydrogens is 290 g/mol. The molecule has 0 fully saturated rings. The van der Waals surface area contributed by atoms with Crippen LogP contribution < -0.4 is 5.32 Å². The molecule has 0 saturated carbocycles. The minimum absolute atomic E-state index is 0.0724. The highest BCUT2D eigenvalue weighted by molar-refractivity contribution is 5.91. The third kappa shape index (κ3) is 7.68. The Hall–Kier alpha value is -2.83. The highest BCUT2D eigenvalue weighted by Gasteiger charge is 2.03. The summed E-state index contributed by atoms with van der Waals surface area (Å²) >= 11 is 0. The Morgan fingerprint density at radius 1 is 1.00 bits per heavy atom.